The van der Waals surface area contributed by atoms with Crippen LogP contribution in [0, 0.1) is 20.8 Å². The monoisotopic (exact) mass is 137 g/mol. The maximum Gasteiger partial charge on any atom is 1.00 e. The van der Waals surface area contributed by atoms with Crippen LogP contribution in [0.2, 0.25) is 0 Å². The predicted octanol–water partition coefficient (Wildman–Crippen LogP) is -2.28. The number of rotatable bonds is 3. The number of ether oxygens (including phenoxy) is 1. The average molecular weight is 137 g/mol. The molecule has 0 rings (SSSR count). The minimum atomic E-state index is 0. The first-order chi connectivity index (χ1) is 4.33. The van der Waals surface area contributed by atoms with Crippen molar-refractivity contribution in [2.24, 2.45) is 0 Å². The van der Waals surface area contributed by atoms with Gasteiger partial charge in [0.2, 0.25) is 0 Å². The van der Waals surface area contributed by atoms with E-state index in [-0.39, 0.29) is 18.9 Å². The molecule has 0 radical (unpaired) electrons. The molecule has 0 aliphatic heterocycles. The summed E-state index contributed by atoms with van der Waals surface area (Å²) in [4.78, 5) is 0. The third-order valence-corrected chi connectivity index (χ3v) is 0.539. The summed E-state index contributed by atoms with van der Waals surface area (Å²) in [6, 6.07) is 0. The van der Waals surface area contributed by atoms with Gasteiger partial charge in [0.05, 0.1) is 0 Å². The Morgan fingerprint density at radius 2 is 1.50 bits per heavy atom. The van der Waals surface area contributed by atoms with Crippen LogP contribution in [0.15, 0.2) is 0 Å². The van der Waals surface area contributed by atoms with Crippen LogP contribution in [0.1, 0.15) is 0 Å². The van der Waals surface area contributed by atoms with Gasteiger partial charge in [0.15, 0.2) is 0 Å². The summed E-state index contributed by atoms with van der Waals surface area (Å²) in [7, 11) is 1.87. The first-order valence-corrected chi connectivity index (χ1v) is 2.93. The Hall–Kier alpha value is 0.517. The van der Waals surface area contributed by atoms with Gasteiger partial charge in [-0.1, -0.05) is 13.2 Å². The van der Waals surface area contributed by atoms with E-state index in [0.717, 1.165) is 6.54 Å². The molecule has 0 aromatic heterocycles. The van der Waals surface area contributed by atoms with E-state index in [4.69, 9.17) is 0 Å². The molecule has 0 aromatic carbocycles. The van der Waals surface area contributed by atoms with Gasteiger partial charge in [0.1, 0.15) is 0 Å². The van der Waals surface area contributed by atoms with Gasteiger partial charge >= 0.3 is 18.9 Å². The van der Waals surface area contributed by atoms with Crippen LogP contribution in [-0.2, 0) is 4.74 Å². The fraction of sp³-hybridized carbons (Fsp3) is 0.571. The molecule has 0 spiro atoms. The first kappa shape index (κ1) is 16.9. The quantitative estimate of drug-likeness (QED) is 0.349. The van der Waals surface area contributed by atoms with Gasteiger partial charge in [-0.3, -0.25) is 0 Å². The zero-order chi connectivity index (χ0) is 7.54. The molecule has 3 heteroatoms. The van der Waals surface area contributed by atoms with Crippen LogP contribution in [-0.4, -0.2) is 26.8 Å². The molecule has 0 aliphatic carbocycles. The van der Waals surface area contributed by atoms with Gasteiger partial charge in [-0.2, -0.15) is 0 Å². The zero-order valence-electron chi connectivity index (χ0n) is 7.15. The molecule has 0 bridgehead atoms. The minimum Gasteiger partial charge on any atom is -0.445 e. The molecule has 0 atom stereocenters. The van der Waals surface area contributed by atoms with E-state index < -0.39 is 0 Å². The Balaban J connectivity index is -0.0000000910. The third-order valence-electron chi connectivity index (χ3n) is 0.539. The summed E-state index contributed by atoms with van der Waals surface area (Å²) in [5.74, 6) is 0. The zero-order valence-corrected chi connectivity index (χ0v) is 7.15. The Morgan fingerprint density at radius 3 is 1.50 bits per heavy atom. The Kier molecular flexibility index (Phi) is 38.2. The molecule has 10 heavy (non-hydrogen) atoms. The maximum atomic E-state index is 4.61. The molecule has 0 unspecified atom stereocenters. The number of hydrogen-bond donors (Lipinski definition) is 1. The van der Waals surface area contributed by atoms with Crippen LogP contribution in [0.4, 0.5) is 0 Å². The van der Waals surface area contributed by atoms with Crippen LogP contribution in [0.3, 0.4) is 0 Å². The number of nitrogens with one attached hydrogen (secondary N) is 1. The Morgan fingerprint density at radius 1 is 1.20 bits per heavy atom. The summed E-state index contributed by atoms with van der Waals surface area (Å²) in [5.41, 5.74) is 0. The SMILES string of the molecule is [CH2-]CNC.[CH2-]COC[CH2-].[Li+]. The largest absolute Gasteiger partial charge is 1.00 e. The molecular weight excluding hydrogens is 121 g/mol. The summed E-state index contributed by atoms with van der Waals surface area (Å²) in [5, 5.41) is 2.82. The van der Waals surface area contributed by atoms with Crippen molar-refractivity contribution in [1.29, 1.82) is 0 Å². The van der Waals surface area contributed by atoms with E-state index in [1.54, 1.807) is 0 Å². The fourth-order valence-electron chi connectivity index (χ4n) is 0.102. The molecular formula is C7H16LiNO-2. The van der Waals surface area contributed by atoms with Crippen molar-refractivity contribution in [2.75, 3.05) is 26.8 Å². The predicted molar refractivity (Wildman–Crippen MR) is 40.8 cm³/mol. The van der Waals surface area contributed by atoms with Crippen LogP contribution in [0.5, 0.6) is 0 Å². The summed E-state index contributed by atoms with van der Waals surface area (Å²) in [6.07, 6.45) is 0. The second-order valence-electron chi connectivity index (χ2n) is 1.22. The molecule has 1 N–H and O–H groups in total. The third kappa shape index (κ3) is 38.9. The summed E-state index contributed by atoms with van der Waals surface area (Å²) < 4.78 is 4.61. The van der Waals surface area contributed by atoms with Crippen LogP contribution in [0.25, 0.3) is 0 Å². The number of hydrogen-bond acceptors (Lipinski definition) is 2. The van der Waals surface area contributed by atoms with E-state index in [2.05, 4.69) is 30.8 Å². The smallest absolute Gasteiger partial charge is 0.445 e. The average Bonchev–Trinajstić information content (AvgIpc) is 1.91. The van der Waals surface area contributed by atoms with Gasteiger partial charge in [-0.25, -0.2) is 0 Å². The second kappa shape index (κ2) is 22.7. The summed E-state index contributed by atoms with van der Waals surface area (Å²) >= 11 is 0. The van der Waals surface area contributed by atoms with Crippen molar-refractivity contribution in [3.63, 3.8) is 0 Å². The van der Waals surface area contributed by atoms with Crippen molar-refractivity contribution in [1.82, 2.24) is 5.32 Å². The van der Waals surface area contributed by atoms with Crippen molar-refractivity contribution in [3.05, 3.63) is 20.8 Å². The van der Waals surface area contributed by atoms with E-state index in [0.29, 0.717) is 13.2 Å². The summed E-state index contributed by atoms with van der Waals surface area (Å²) in [6.45, 7) is 12.2. The molecule has 0 aromatic rings. The van der Waals surface area contributed by atoms with Gasteiger partial charge in [-0.05, 0) is 7.05 Å². The normalized spacial score (nSPS) is 7.20. The first-order valence-electron chi connectivity index (χ1n) is 2.93. The van der Waals surface area contributed by atoms with Crippen LogP contribution >= 0.6 is 0 Å². The van der Waals surface area contributed by atoms with E-state index in [1.807, 2.05) is 7.05 Å². The Labute approximate surface area is 76.9 Å². The molecule has 0 aliphatic rings. The van der Waals surface area contributed by atoms with Crippen molar-refractivity contribution < 1.29 is 23.6 Å². The van der Waals surface area contributed by atoms with Crippen molar-refractivity contribution >= 4 is 0 Å². The van der Waals surface area contributed by atoms with Gasteiger partial charge in [-0.15, -0.1) is 6.54 Å². The van der Waals surface area contributed by atoms with E-state index >= 15 is 0 Å². The molecule has 0 heterocycles. The van der Waals surface area contributed by atoms with Crippen molar-refractivity contribution in [3.8, 4) is 0 Å². The minimum absolute atomic E-state index is 0. The van der Waals surface area contributed by atoms with Gasteiger partial charge < -0.3 is 30.8 Å². The van der Waals surface area contributed by atoms with Gasteiger partial charge in [0.25, 0.3) is 0 Å². The molecule has 0 amide bonds. The fourth-order valence-corrected chi connectivity index (χ4v) is 0.102. The second-order valence-corrected chi connectivity index (χ2v) is 1.22. The van der Waals surface area contributed by atoms with Crippen molar-refractivity contribution in [2.45, 2.75) is 0 Å². The van der Waals surface area contributed by atoms with Gasteiger partial charge in [0, 0.05) is 0 Å². The molecule has 0 fully saturated rings. The topological polar surface area (TPSA) is 21.3 Å². The molecule has 2 nitrogen and oxygen atoms in total. The molecule has 58 valence electrons. The standard InChI is InChI=1S/C4H8O.C3H8N.Li/c1-3-5-4-2;1-3-4-2;/h1-4H2;4H,1,3H2,2H3;/q-2;-1;+1. The van der Waals surface area contributed by atoms with E-state index in [9.17, 15) is 0 Å². The Bertz CT molecular complexity index is 32.8. The van der Waals surface area contributed by atoms with E-state index in [1.165, 1.54) is 0 Å². The molecule has 0 saturated heterocycles. The van der Waals surface area contributed by atoms with Crippen LogP contribution < -0.4 is 24.2 Å². The molecule has 0 saturated carbocycles. The maximum absolute atomic E-state index is 4.61.